The van der Waals surface area contributed by atoms with E-state index in [0.29, 0.717) is 17.9 Å². The van der Waals surface area contributed by atoms with Crippen molar-refractivity contribution >= 4 is 17.0 Å². The Balaban J connectivity index is 1.24. The van der Waals surface area contributed by atoms with Gasteiger partial charge in [0.15, 0.2) is 17.0 Å². The van der Waals surface area contributed by atoms with Gasteiger partial charge in [-0.2, -0.15) is 15.2 Å². The molecule has 0 saturated carbocycles. The molecule has 1 aliphatic heterocycles. The largest absolute Gasteiger partial charge is 0.471 e. The summed E-state index contributed by atoms with van der Waals surface area (Å²) in [7, 11) is 1.95. The van der Waals surface area contributed by atoms with E-state index in [9.17, 15) is 0 Å². The maximum absolute atomic E-state index is 6.35. The van der Waals surface area contributed by atoms with Crippen LogP contribution in [0.25, 0.3) is 28.4 Å². The van der Waals surface area contributed by atoms with Crippen LogP contribution >= 0.6 is 0 Å². The van der Waals surface area contributed by atoms with Crippen LogP contribution in [0.4, 0.5) is 5.82 Å². The first-order valence-corrected chi connectivity index (χ1v) is 11.6. The first-order chi connectivity index (χ1) is 17.1. The van der Waals surface area contributed by atoms with Gasteiger partial charge in [-0.3, -0.25) is 4.68 Å². The Bertz CT molecular complexity index is 1490. The first-order valence-electron chi connectivity index (χ1n) is 11.6. The van der Waals surface area contributed by atoms with Gasteiger partial charge in [0, 0.05) is 50.7 Å². The number of imidazole rings is 1. The van der Waals surface area contributed by atoms with Crippen molar-refractivity contribution in [3.05, 3.63) is 49.1 Å². The van der Waals surface area contributed by atoms with Gasteiger partial charge >= 0.3 is 0 Å². The molecule has 0 unspecified atom stereocenters. The minimum Gasteiger partial charge on any atom is -0.471 e. The molecule has 5 aromatic heterocycles. The molecular formula is C23H25N11O. The molecule has 12 heteroatoms. The minimum atomic E-state index is -0.0498. The molecule has 1 saturated heterocycles. The molecule has 0 N–H and O–H groups in total. The number of aryl methyl sites for hydroxylation is 2. The summed E-state index contributed by atoms with van der Waals surface area (Å²) in [5.41, 5.74) is 3.41. The average Bonchev–Trinajstić information content (AvgIpc) is 3.68. The van der Waals surface area contributed by atoms with Crippen LogP contribution in [-0.4, -0.2) is 68.2 Å². The molecule has 1 aliphatic rings. The van der Waals surface area contributed by atoms with E-state index in [2.05, 4.69) is 42.0 Å². The summed E-state index contributed by atoms with van der Waals surface area (Å²) in [5.74, 6) is 2.85. The second-order valence-corrected chi connectivity index (χ2v) is 8.46. The van der Waals surface area contributed by atoms with Crippen LogP contribution in [0.3, 0.4) is 0 Å². The molecule has 0 spiro atoms. The van der Waals surface area contributed by atoms with Crippen molar-refractivity contribution in [1.82, 2.24) is 49.0 Å². The summed E-state index contributed by atoms with van der Waals surface area (Å²) >= 11 is 0. The Kier molecular flexibility index (Phi) is 5.12. The smallest absolute Gasteiger partial charge is 0.245 e. The number of hydrogen-bond acceptors (Lipinski definition) is 9. The Morgan fingerprint density at radius 3 is 2.74 bits per heavy atom. The van der Waals surface area contributed by atoms with E-state index in [1.165, 1.54) is 6.33 Å². The number of anilines is 1. The van der Waals surface area contributed by atoms with Gasteiger partial charge < -0.3 is 14.2 Å². The average molecular weight is 472 g/mol. The highest BCUT2D eigenvalue weighted by Gasteiger charge is 2.28. The van der Waals surface area contributed by atoms with E-state index in [-0.39, 0.29) is 6.10 Å². The van der Waals surface area contributed by atoms with Crippen molar-refractivity contribution in [1.29, 1.82) is 0 Å². The van der Waals surface area contributed by atoms with Crippen LogP contribution in [0, 0.1) is 6.92 Å². The Morgan fingerprint density at radius 2 is 1.94 bits per heavy atom. The molecule has 0 aromatic carbocycles. The van der Waals surface area contributed by atoms with Crippen LogP contribution in [0.2, 0.25) is 0 Å². The normalized spacial score (nSPS) is 15.9. The fourth-order valence-electron chi connectivity index (χ4n) is 4.52. The number of rotatable bonds is 6. The zero-order valence-corrected chi connectivity index (χ0v) is 19.8. The Labute approximate surface area is 201 Å². The quantitative estimate of drug-likeness (QED) is 0.367. The molecule has 0 aliphatic carbocycles. The number of nitrogens with zero attached hydrogens (tertiary/aromatic N) is 11. The summed E-state index contributed by atoms with van der Waals surface area (Å²) in [6.45, 7) is 6.42. The maximum Gasteiger partial charge on any atom is 0.245 e. The molecule has 6 heterocycles. The predicted molar refractivity (Wildman–Crippen MR) is 128 cm³/mol. The van der Waals surface area contributed by atoms with Crippen LogP contribution in [0.15, 0.2) is 43.4 Å². The third kappa shape index (κ3) is 3.66. The van der Waals surface area contributed by atoms with Gasteiger partial charge in [0.25, 0.3) is 0 Å². The number of fused-ring (bicyclic) bond motifs is 1. The molecule has 6 rings (SSSR count). The third-order valence-corrected chi connectivity index (χ3v) is 6.39. The van der Waals surface area contributed by atoms with Crippen LogP contribution in [-0.2, 0) is 13.6 Å². The fourth-order valence-corrected chi connectivity index (χ4v) is 4.52. The molecule has 0 bridgehead atoms. The fraction of sp³-hybridized carbons (Fsp3) is 0.348. The van der Waals surface area contributed by atoms with E-state index in [1.54, 1.807) is 17.2 Å². The van der Waals surface area contributed by atoms with Crippen LogP contribution < -0.4 is 9.64 Å². The molecule has 35 heavy (non-hydrogen) atoms. The van der Waals surface area contributed by atoms with Crippen molar-refractivity contribution in [2.45, 2.75) is 32.9 Å². The SMILES string of the molecule is CCn1ncc(-c2nc3c(O[C@H]4CCN(c5cc(-n6cccn6)ncn5)C4)ncnc3n2C)c1C. The van der Waals surface area contributed by atoms with E-state index in [1.807, 2.05) is 47.7 Å². The number of aromatic nitrogens is 10. The maximum atomic E-state index is 6.35. The monoisotopic (exact) mass is 471 g/mol. The molecule has 0 radical (unpaired) electrons. The van der Waals surface area contributed by atoms with Crippen molar-refractivity contribution in [2.75, 3.05) is 18.0 Å². The van der Waals surface area contributed by atoms with Gasteiger partial charge in [0.1, 0.15) is 30.4 Å². The van der Waals surface area contributed by atoms with E-state index < -0.39 is 0 Å². The number of hydrogen-bond donors (Lipinski definition) is 0. The summed E-state index contributed by atoms with van der Waals surface area (Å²) < 4.78 is 12.0. The lowest BCUT2D eigenvalue weighted by Gasteiger charge is -2.18. The van der Waals surface area contributed by atoms with Crippen molar-refractivity contribution in [2.24, 2.45) is 7.05 Å². The lowest BCUT2D eigenvalue weighted by Crippen LogP contribution is -2.25. The summed E-state index contributed by atoms with van der Waals surface area (Å²) in [6.07, 6.45) is 9.32. The molecule has 0 amide bonds. The standard InChI is InChI=1S/C23H25N11O/c1-4-33-15(2)17(11-29-33)21-30-20-22(31(21)3)26-14-27-23(20)35-16-6-9-32(12-16)18-10-19(25-13-24-18)34-8-5-7-28-34/h5,7-8,10-11,13-14,16H,4,6,9,12H2,1-3H3/t16-/m0/s1. The Hall–Kier alpha value is -4.35. The predicted octanol–water partition coefficient (Wildman–Crippen LogP) is 2.19. The highest BCUT2D eigenvalue weighted by molar-refractivity contribution is 5.81. The second kappa shape index (κ2) is 8.46. The van der Waals surface area contributed by atoms with Crippen molar-refractivity contribution in [3.63, 3.8) is 0 Å². The third-order valence-electron chi connectivity index (χ3n) is 6.39. The second-order valence-electron chi connectivity index (χ2n) is 8.46. The minimum absolute atomic E-state index is 0.0498. The number of ether oxygens (including phenoxy) is 1. The summed E-state index contributed by atoms with van der Waals surface area (Å²) in [5, 5.41) is 8.71. The highest BCUT2D eigenvalue weighted by Crippen LogP contribution is 2.30. The van der Waals surface area contributed by atoms with E-state index in [4.69, 9.17) is 9.72 Å². The molecule has 12 nitrogen and oxygen atoms in total. The van der Waals surface area contributed by atoms with Gasteiger partial charge in [-0.1, -0.05) is 0 Å². The van der Waals surface area contributed by atoms with Gasteiger partial charge in [-0.05, 0) is 19.9 Å². The van der Waals surface area contributed by atoms with E-state index in [0.717, 1.165) is 53.9 Å². The topological polar surface area (TPSA) is 117 Å². The van der Waals surface area contributed by atoms with Crippen LogP contribution in [0.1, 0.15) is 19.0 Å². The van der Waals surface area contributed by atoms with Crippen LogP contribution in [0.5, 0.6) is 5.88 Å². The summed E-state index contributed by atoms with van der Waals surface area (Å²) in [6, 6.07) is 3.80. The van der Waals surface area contributed by atoms with Gasteiger partial charge in [-0.25, -0.2) is 24.6 Å². The Morgan fingerprint density at radius 1 is 1.09 bits per heavy atom. The zero-order valence-electron chi connectivity index (χ0n) is 19.8. The first kappa shape index (κ1) is 21.2. The molecule has 1 atom stereocenters. The van der Waals surface area contributed by atoms with Gasteiger partial charge in [0.05, 0.1) is 18.3 Å². The molecule has 178 valence electrons. The molecule has 5 aromatic rings. The zero-order chi connectivity index (χ0) is 23.9. The molecule has 1 fully saturated rings. The van der Waals surface area contributed by atoms with Gasteiger partial charge in [0.2, 0.25) is 5.88 Å². The highest BCUT2D eigenvalue weighted by atomic mass is 16.5. The summed E-state index contributed by atoms with van der Waals surface area (Å²) in [4.78, 5) is 24.7. The van der Waals surface area contributed by atoms with Crippen molar-refractivity contribution < 1.29 is 4.74 Å². The van der Waals surface area contributed by atoms with Gasteiger partial charge in [-0.15, -0.1) is 0 Å². The van der Waals surface area contributed by atoms with Crippen molar-refractivity contribution in [3.8, 4) is 23.1 Å². The van der Waals surface area contributed by atoms with E-state index >= 15 is 0 Å². The lowest BCUT2D eigenvalue weighted by molar-refractivity contribution is 0.218. The lowest BCUT2D eigenvalue weighted by atomic mass is 10.2. The molecular weight excluding hydrogens is 446 g/mol.